The standard InChI is InChI=1S/C15H12BrF2NO2/c1-21-15(20)11-5-3-2-4-9(11)8-19-14-12(17)6-10(16)7-13(14)18/h2-7,19H,8H2,1H3. The number of methoxy groups -OCH3 is 1. The van der Waals surface area contributed by atoms with Gasteiger partial charge in [-0.05, 0) is 23.8 Å². The third-order valence-electron chi connectivity index (χ3n) is 2.89. The summed E-state index contributed by atoms with van der Waals surface area (Å²) >= 11 is 3.01. The molecule has 21 heavy (non-hydrogen) atoms. The van der Waals surface area contributed by atoms with Crippen molar-refractivity contribution < 1.29 is 18.3 Å². The van der Waals surface area contributed by atoms with Crippen LogP contribution < -0.4 is 5.32 Å². The van der Waals surface area contributed by atoms with Crippen LogP contribution in [-0.2, 0) is 11.3 Å². The molecule has 110 valence electrons. The van der Waals surface area contributed by atoms with Gasteiger partial charge in [-0.25, -0.2) is 13.6 Å². The average Bonchev–Trinajstić information content (AvgIpc) is 2.45. The maximum absolute atomic E-state index is 13.7. The van der Waals surface area contributed by atoms with E-state index in [0.717, 1.165) is 12.1 Å². The van der Waals surface area contributed by atoms with Crippen molar-refractivity contribution in [2.45, 2.75) is 6.54 Å². The van der Waals surface area contributed by atoms with Crippen LogP contribution in [0.1, 0.15) is 15.9 Å². The number of benzene rings is 2. The first-order valence-corrected chi connectivity index (χ1v) is 6.87. The summed E-state index contributed by atoms with van der Waals surface area (Å²) in [4.78, 5) is 11.6. The SMILES string of the molecule is COC(=O)c1ccccc1CNc1c(F)cc(Br)cc1F. The van der Waals surface area contributed by atoms with E-state index in [-0.39, 0.29) is 12.2 Å². The summed E-state index contributed by atoms with van der Waals surface area (Å²) in [6, 6.07) is 9.04. The largest absolute Gasteiger partial charge is 0.465 e. The molecule has 3 nitrogen and oxygen atoms in total. The van der Waals surface area contributed by atoms with Crippen LogP contribution in [0.4, 0.5) is 14.5 Å². The molecule has 2 aromatic rings. The van der Waals surface area contributed by atoms with Crippen LogP contribution in [-0.4, -0.2) is 13.1 Å². The minimum atomic E-state index is -0.711. The van der Waals surface area contributed by atoms with E-state index >= 15 is 0 Å². The molecule has 0 fully saturated rings. The number of hydrogen-bond acceptors (Lipinski definition) is 3. The van der Waals surface area contributed by atoms with Crippen molar-refractivity contribution in [1.29, 1.82) is 0 Å². The number of rotatable bonds is 4. The fourth-order valence-corrected chi connectivity index (χ4v) is 2.28. The highest BCUT2D eigenvalue weighted by Crippen LogP contribution is 2.24. The molecule has 0 radical (unpaired) electrons. The number of nitrogens with one attached hydrogen (secondary N) is 1. The van der Waals surface area contributed by atoms with Gasteiger partial charge in [-0.3, -0.25) is 0 Å². The summed E-state index contributed by atoms with van der Waals surface area (Å²) in [6.45, 7) is 0.0980. The first kappa shape index (κ1) is 15.4. The minimum absolute atomic E-state index is 0.0980. The molecule has 0 heterocycles. The van der Waals surface area contributed by atoms with Crippen molar-refractivity contribution in [3.8, 4) is 0 Å². The average molecular weight is 356 g/mol. The van der Waals surface area contributed by atoms with Crippen molar-refractivity contribution in [3.63, 3.8) is 0 Å². The Bertz CT molecular complexity index is 653. The van der Waals surface area contributed by atoms with Crippen molar-refractivity contribution >= 4 is 27.6 Å². The number of esters is 1. The van der Waals surface area contributed by atoms with Gasteiger partial charge in [-0.15, -0.1) is 0 Å². The van der Waals surface area contributed by atoms with Gasteiger partial charge in [0.15, 0.2) is 0 Å². The van der Waals surface area contributed by atoms with Gasteiger partial charge in [0, 0.05) is 11.0 Å². The third-order valence-corrected chi connectivity index (χ3v) is 3.34. The maximum atomic E-state index is 13.7. The summed E-state index contributed by atoms with van der Waals surface area (Å²) < 4.78 is 32.4. The van der Waals surface area contributed by atoms with Crippen LogP contribution in [0.2, 0.25) is 0 Å². The van der Waals surface area contributed by atoms with E-state index in [1.807, 2.05) is 0 Å². The second-order valence-corrected chi connectivity index (χ2v) is 5.16. The molecule has 1 N–H and O–H groups in total. The number of carbonyl (C=O) groups excluding carboxylic acids is 1. The van der Waals surface area contributed by atoms with Gasteiger partial charge in [-0.2, -0.15) is 0 Å². The molecule has 0 saturated carbocycles. The maximum Gasteiger partial charge on any atom is 0.338 e. The lowest BCUT2D eigenvalue weighted by Gasteiger charge is -2.11. The summed E-state index contributed by atoms with van der Waals surface area (Å²) in [5.41, 5.74) is 0.703. The van der Waals surface area contributed by atoms with Crippen LogP contribution in [0.3, 0.4) is 0 Å². The Balaban J connectivity index is 2.23. The van der Waals surface area contributed by atoms with Gasteiger partial charge in [0.05, 0.1) is 12.7 Å². The molecule has 0 saturated heterocycles. The number of anilines is 1. The number of ether oxygens (including phenoxy) is 1. The van der Waals surface area contributed by atoms with Crippen molar-refractivity contribution in [2.24, 2.45) is 0 Å². The highest BCUT2D eigenvalue weighted by atomic mass is 79.9. The minimum Gasteiger partial charge on any atom is -0.465 e. The fraction of sp³-hybridized carbons (Fsp3) is 0.133. The molecule has 0 unspecified atom stereocenters. The molecule has 0 aliphatic rings. The summed E-state index contributed by atoms with van der Waals surface area (Å²) in [5, 5.41) is 2.67. The van der Waals surface area contributed by atoms with Crippen LogP contribution in [0.5, 0.6) is 0 Å². The summed E-state index contributed by atoms with van der Waals surface area (Å²) in [6.07, 6.45) is 0. The smallest absolute Gasteiger partial charge is 0.338 e. The first-order chi connectivity index (χ1) is 10.0. The van der Waals surface area contributed by atoms with Gasteiger partial charge in [0.2, 0.25) is 0 Å². The lowest BCUT2D eigenvalue weighted by molar-refractivity contribution is 0.0599. The Hall–Kier alpha value is -1.95. The second-order valence-electron chi connectivity index (χ2n) is 4.25. The van der Waals surface area contributed by atoms with Crippen LogP contribution in [0.25, 0.3) is 0 Å². The molecule has 2 aromatic carbocycles. The molecule has 0 amide bonds. The van der Waals surface area contributed by atoms with Crippen LogP contribution >= 0.6 is 15.9 Å². The van der Waals surface area contributed by atoms with E-state index in [4.69, 9.17) is 0 Å². The van der Waals surface area contributed by atoms with Gasteiger partial charge < -0.3 is 10.1 Å². The molecule has 0 aliphatic carbocycles. The van der Waals surface area contributed by atoms with Crippen molar-refractivity contribution in [1.82, 2.24) is 0 Å². The second kappa shape index (κ2) is 6.67. The molecule has 0 aliphatic heterocycles. The van der Waals surface area contributed by atoms with Gasteiger partial charge in [0.1, 0.15) is 17.3 Å². The van der Waals surface area contributed by atoms with Crippen molar-refractivity contribution in [3.05, 3.63) is 63.6 Å². The first-order valence-electron chi connectivity index (χ1n) is 6.07. The Kier molecular flexibility index (Phi) is 4.90. The lowest BCUT2D eigenvalue weighted by Crippen LogP contribution is -2.10. The zero-order valence-electron chi connectivity index (χ0n) is 11.1. The van der Waals surface area contributed by atoms with Crippen LogP contribution in [0, 0.1) is 11.6 Å². The van der Waals surface area contributed by atoms with E-state index in [0.29, 0.717) is 15.6 Å². The zero-order chi connectivity index (χ0) is 15.4. The Morgan fingerprint density at radius 3 is 2.48 bits per heavy atom. The zero-order valence-corrected chi connectivity index (χ0v) is 12.7. The van der Waals surface area contributed by atoms with E-state index in [2.05, 4.69) is 26.0 Å². The molecule has 0 atom stereocenters. The Labute approximate surface area is 129 Å². The predicted molar refractivity (Wildman–Crippen MR) is 79.2 cm³/mol. The Morgan fingerprint density at radius 1 is 1.24 bits per heavy atom. The van der Waals surface area contributed by atoms with Crippen LogP contribution in [0.15, 0.2) is 40.9 Å². The predicted octanol–water partition coefficient (Wildman–Crippen LogP) is 4.13. The highest BCUT2D eigenvalue weighted by molar-refractivity contribution is 9.10. The summed E-state index contributed by atoms with van der Waals surface area (Å²) in [5.74, 6) is -1.92. The summed E-state index contributed by atoms with van der Waals surface area (Å²) in [7, 11) is 1.28. The molecular formula is C15H12BrF2NO2. The number of halogens is 3. The third kappa shape index (κ3) is 3.58. The molecule has 2 rings (SSSR count). The van der Waals surface area contributed by atoms with Gasteiger partial charge in [-0.1, -0.05) is 34.1 Å². The molecular weight excluding hydrogens is 344 g/mol. The number of hydrogen-bond donors (Lipinski definition) is 1. The topological polar surface area (TPSA) is 38.3 Å². The Morgan fingerprint density at radius 2 is 1.86 bits per heavy atom. The van der Waals surface area contributed by atoms with Crippen molar-refractivity contribution in [2.75, 3.05) is 12.4 Å². The monoisotopic (exact) mass is 355 g/mol. The van der Waals surface area contributed by atoms with E-state index in [1.165, 1.54) is 7.11 Å². The highest BCUT2D eigenvalue weighted by Gasteiger charge is 2.13. The number of carbonyl (C=O) groups is 1. The van der Waals surface area contributed by atoms with E-state index in [1.54, 1.807) is 24.3 Å². The fourth-order valence-electron chi connectivity index (χ4n) is 1.88. The molecule has 6 heteroatoms. The quantitative estimate of drug-likeness (QED) is 0.838. The lowest BCUT2D eigenvalue weighted by atomic mass is 10.1. The van der Waals surface area contributed by atoms with Gasteiger partial charge in [0.25, 0.3) is 0 Å². The van der Waals surface area contributed by atoms with E-state index in [9.17, 15) is 13.6 Å². The molecule has 0 bridgehead atoms. The van der Waals surface area contributed by atoms with E-state index < -0.39 is 17.6 Å². The van der Waals surface area contributed by atoms with Gasteiger partial charge >= 0.3 is 5.97 Å². The molecule has 0 aromatic heterocycles. The molecule has 0 spiro atoms. The normalized spacial score (nSPS) is 10.3.